The summed E-state index contributed by atoms with van der Waals surface area (Å²) in [5, 5.41) is 49.9. The van der Waals surface area contributed by atoms with Crippen molar-refractivity contribution in [3.05, 3.63) is 72.9 Å². The molecule has 1 rings (SSSR count). The molecule has 0 aromatic heterocycles. The van der Waals surface area contributed by atoms with E-state index in [-0.39, 0.29) is 12.8 Å². The van der Waals surface area contributed by atoms with Gasteiger partial charge in [0.25, 0.3) is 0 Å². The molecule has 314 valence electrons. The molecule has 13 nitrogen and oxygen atoms in total. The molecule has 0 spiro atoms. The quantitative estimate of drug-likeness (QED) is 0.0153. The van der Waals surface area contributed by atoms with Gasteiger partial charge in [0.15, 0.2) is 6.10 Å². The van der Waals surface area contributed by atoms with E-state index in [1.807, 2.05) is 54.7 Å². The van der Waals surface area contributed by atoms with Gasteiger partial charge in [0, 0.05) is 12.8 Å². The van der Waals surface area contributed by atoms with Crippen molar-refractivity contribution in [3.8, 4) is 0 Å². The molecular weight excluding hydrogens is 731 g/mol. The minimum atomic E-state index is -5.14. The summed E-state index contributed by atoms with van der Waals surface area (Å²) in [7, 11) is -5.14. The van der Waals surface area contributed by atoms with E-state index in [1.54, 1.807) is 0 Å². The number of carbonyl (C=O) groups is 2. The van der Waals surface area contributed by atoms with Crippen molar-refractivity contribution in [2.45, 2.75) is 159 Å². The zero-order valence-corrected chi connectivity index (χ0v) is 33.6. The van der Waals surface area contributed by atoms with E-state index < -0.39 is 75.7 Å². The topological polar surface area (TPSA) is 210 Å². The fourth-order valence-corrected chi connectivity index (χ4v) is 6.40. The molecule has 1 fully saturated rings. The first kappa shape index (κ1) is 50.3. The molecule has 1 saturated carbocycles. The third-order valence-electron chi connectivity index (χ3n) is 8.66. The maximum absolute atomic E-state index is 12.7. The van der Waals surface area contributed by atoms with Crippen LogP contribution in [0.15, 0.2) is 72.9 Å². The number of esters is 2. The lowest BCUT2D eigenvalue weighted by Crippen LogP contribution is -2.64. The molecule has 0 saturated heterocycles. The predicted molar refractivity (Wildman–Crippen MR) is 212 cm³/mol. The van der Waals surface area contributed by atoms with Gasteiger partial charge in [-0.25, -0.2) is 4.57 Å². The van der Waals surface area contributed by atoms with Gasteiger partial charge in [-0.05, 0) is 51.4 Å². The molecule has 6 N–H and O–H groups in total. The van der Waals surface area contributed by atoms with E-state index in [2.05, 4.69) is 32.1 Å². The predicted octanol–water partition coefficient (Wildman–Crippen LogP) is 6.38. The maximum atomic E-state index is 12.7. The van der Waals surface area contributed by atoms with Crippen LogP contribution in [0.25, 0.3) is 0 Å². The fraction of sp³-hybridized carbons (Fsp3) is 0.659. The highest BCUT2D eigenvalue weighted by Gasteiger charge is 2.51. The van der Waals surface area contributed by atoms with Crippen molar-refractivity contribution in [1.29, 1.82) is 0 Å². The van der Waals surface area contributed by atoms with Crippen molar-refractivity contribution in [1.82, 2.24) is 0 Å². The molecule has 1 aliphatic carbocycles. The van der Waals surface area contributed by atoms with Crippen molar-refractivity contribution in [2.75, 3.05) is 13.2 Å². The van der Waals surface area contributed by atoms with Crippen LogP contribution in [0, 0.1) is 0 Å². The van der Waals surface area contributed by atoms with Crippen LogP contribution >= 0.6 is 7.82 Å². The zero-order valence-electron chi connectivity index (χ0n) is 32.7. The average molecular weight is 799 g/mol. The number of aliphatic hydroxyl groups is 5. The van der Waals surface area contributed by atoms with Gasteiger partial charge < -0.3 is 39.9 Å². The van der Waals surface area contributed by atoms with Crippen LogP contribution in [-0.2, 0) is 32.7 Å². The standard InChI is InChI=1S/C41H67O13P/c1-3-5-7-9-11-13-15-17-19-21-23-25-27-29-34(42)51-31-33(32-52-55(49,50)54-41-39(47)37(45)36(44)38(46)40(41)48)53-35(43)30-28-26-24-22-20-18-16-14-12-10-8-6-4-2/h6,8,10,12,14,16-20,22,24,33,36-41,44-48H,3-5,7,9,11,13,15,21,23,25-32H2,1-2H3,(H,49,50)/b8-6+,12-10+,16-14+,19-17+,20-18+,24-22+/t33?,36?,37-,38?,39?,40?,41?/m1/s1. The SMILES string of the molecule is CC/C=C/C=C/C=C/C=C/C=C/CCCC(=O)OC(COC(=O)CCCCC/C=C/CCCCCCCC)COP(=O)(O)OC1C(O)C(O)C(O)[C@@H](O)C1O. The molecule has 0 aliphatic heterocycles. The Kier molecular flexibility index (Phi) is 28.7. The van der Waals surface area contributed by atoms with Gasteiger partial charge in [-0.15, -0.1) is 0 Å². The molecule has 7 unspecified atom stereocenters. The molecule has 14 heteroatoms. The van der Waals surface area contributed by atoms with E-state index in [4.69, 9.17) is 18.5 Å². The molecule has 1 aliphatic rings. The van der Waals surface area contributed by atoms with Gasteiger partial charge in [-0.1, -0.05) is 125 Å². The van der Waals surface area contributed by atoms with Crippen molar-refractivity contribution < 1.29 is 63.1 Å². The Bertz CT molecular complexity index is 1240. The lowest BCUT2D eigenvalue weighted by molar-refractivity contribution is -0.220. The van der Waals surface area contributed by atoms with Crippen LogP contribution in [0.5, 0.6) is 0 Å². The van der Waals surface area contributed by atoms with Gasteiger partial charge in [-0.2, -0.15) is 0 Å². The molecule has 0 aromatic carbocycles. The van der Waals surface area contributed by atoms with E-state index >= 15 is 0 Å². The summed E-state index contributed by atoms with van der Waals surface area (Å²) in [5.41, 5.74) is 0. The number of aliphatic hydroxyl groups excluding tert-OH is 5. The largest absolute Gasteiger partial charge is 0.472 e. The van der Waals surface area contributed by atoms with Gasteiger partial charge in [-0.3, -0.25) is 18.6 Å². The van der Waals surface area contributed by atoms with E-state index in [0.29, 0.717) is 19.3 Å². The highest BCUT2D eigenvalue weighted by Crippen LogP contribution is 2.47. The second-order valence-corrected chi connectivity index (χ2v) is 14.9. The van der Waals surface area contributed by atoms with E-state index in [0.717, 1.165) is 32.1 Å². The average Bonchev–Trinajstić information content (AvgIpc) is 3.16. The second kappa shape index (κ2) is 31.4. The van der Waals surface area contributed by atoms with Crippen LogP contribution in [0.4, 0.5) is 0 Å². The Labute approximate surface area is 327 Å². The number of unbranched alkanes of at least 4 members (excludes halogenated alkanes) is 10. The molecule has 0 bridgehead atoms. The zero-order chi connectivity index (χ0) is 40.7. The number of phosphoric acid groups is 1. The minimum absolute atomic E-state index is 0.00622. The Morgan fingerprint density at radius 2 is 1.07 bits per heavy atom. The number of ether oxygens (including phenoxy) is 2. The highest BCUT2D eigenvalue weighted by molar-refractivity contribution is 7.47. The van der Waals surface area contributed by atoms with Gasteiger partial charge in [0.2, 0.25) is 0 Å². The smallest absolute Gasteiger partial charge is 0.462 e. The van der Waals surface area contributed by atoms with Gasteiger partial charge >= 0.3 is 19.8 Å². The van der Waals surface area contributed by atoms with Crippen molar-refractivity contribution in [3.63, 3.8) is 0 Å². The number of hydrogen-bond donors (Lipinski definition) is 6. The highest BCUT2D eigenvalue weighted by atomic mass is 31.2. The summed E-state index contributed by atoms with van der Waals surface area (Å²) >= 11 is 0. The molecule has 0 aromatic rings. The monoisotopic (exact) mass is 798 g/mol. The fourth-order valence-electron chi connectivity index (χ4n) is 5.43. The number of phosphoric ester groups is 1. The molecular formula is C41H67O13P. The number of allylic oxidation sites excluding steroid dienone is 12. The summed E-state index contributed by atoms with van der Waals surface area (Å²) < 4.78 is 33.2. The Morgan fingerprint density at radius 3 is 1.67 bits per heavy atom. The lowest BCUT2D eigenvalue weighted by atomic mass is 9.85. The summed E-state index contributed by atoms with van der Waals surface area (Å²) in [4.78, 5) is 35.4. The first-order chi connectivity index (χ1) is 26.4. The number of rotatable bonds is 30. The number of hydrogen-bond acceptors (Lipinski definition) is 12. The van der Waals surface area contributed by atoms with Crippen LogP contribution in [-0.4, -0.2) is 98.3 Å². The van der Waals surface area contributed by atoms with Crippen LogP contribution in [0.1, 0.15) is 117 Å². The Morgan fingerprint density at radius 1 is 0.582 bits per heavy atom. The first-order valence-corrected chi connectivity index (χ1v) is 21.3. The molecule has 0 heterocycles. The van der Waals surface area contributed by atoms with Crippen LogP contribution in [0.3, 0.4) is 0 Å². The van der Waals surface area contributed by atoms with Crippen LogP contribution in [0.2, 0.25) is 0 Å². The molecule has 0 radical (unpaired) electrons. The van der Waals surface area contributed by atoms with Crippen molar-refractivity contribution in [2.24, 2.45) is 0 Å². The van der Waals surface area contributed by atoms with E-state index in [9.17, 15) is 44.6 Å². The summed E-state index contributed by atoms with van der Waals surface area (Å²) in [6.45, 7) is 3.02. The molecule has 8 atom stereocenters. The normalized spacial score (nSPS) is 23.9. The first-order valence-electron chi connectivity index (χ1n) is 19.8. The summed E-state index contributed by atoms with van der Waals surface area (Å²) in [6.07, 6.45) is 24.2. The molecule has 55 heavy (non-hydrogen) atoms. The number of carbonyl (C=O) groups excluding carboxylic acids is 2. The maximum Gasteiger partial charge on any atom is 0.472 e. The van der Waals surface area contributed by atoms with E-state index in [1.165, 1.54) is 38.5 Å². The third-order valence-corrected chi connectivity index (χ3v) is 9.64. The second-order valence-electron chi connectivity index (χ2n) is 13.5. The third kappa shape index (κ3) is 24.5. The Hall–Kier alpha value is -2.71. The van der Waals surface area contributed by atoms with Gasteiger partial charge in [0.05, 0.1) is 6.61 Å². The lowest BCUT2D eigenvalue weighted by Gasteiger charge is -2.41. The minimum Gasteiger partial charge on any atom is -0.462 e. The molecule has 0 amide bonds. The van der Waals surface area contributed by atoms with Gasteiger partial charge in [0.1, 0.15) is 43.2 Å². The summed E-state index contributed by atoms with van der Waals surface area (Å²) in [6, 6.07) is 0. The summed E-state index contributed by atoms with van der Waals surface area (Å²) in [5.74, 6) is -1.22. The van der Waals surface area contributed by atoms with Crippen molar-refractivity contribution >= 4 is 19.8 Å². The van der Waals surface area contributed by atoms with Crippen LogP contribution < -0.4 is 0 Å². The Balaban J connectivity index is 2.61.